The van der Waals surface area contributed by atoms with Crippen molar-refractivity contribution in [3.8, 4) is 39.9 Å². The van der Waals surface area contributed by atoms with E-state index in [1.165, 1.54) is 7.11 Å². The molecule has 3 aromatic rings. The third kappa shape index (κ3) is 2.66. The summed E-state index contributed by atoms with van der Waals surface area (Å²) >= 11 is 0. The highest BCUT2D eigenvalue weighted by molar-refractivity contribution is 5.68. The Morgan fingerprint density at radius 3 is 2.40 bits per heavy atom. The van der Waals surface area contributed by atoms with Gasteiger partial charge in [-0.25, -0.2) is 0 Å². The smallest absolute Gasteiger partial charge is 0.206 e. The van der Waals surface area contributed by atoms with Crippen LogP contribution in [0.1, 0.15) is 11.1 Å². The molecule has 1 heterocycles. The van der Waals surface area contributed by atoms with Crippen LogP contribution in [0.2, 0.25) is 0 Å². The average molecular weight is 334 g/mol. The minimum atomic E-state index is -0.169. The van der Waals surface area contributed by atoms with E-state index in [0.29, 0.717) is 17.9 Å². The summed E-state index contributed by atoms with van der Waals surface area (Å²) in [4.78, 5) is 0. The van der Waals surface area contributed by atoms with Crippen LogP contribution in [0.4, 0.5) is 0 Å². The van der Waals surface area contributed by atoms with E-state index in [0.717, 1.165) is 28.7 Å². The van der Waals surface area contributed by atoms with E-state index in [1.54, 1.807) is 6.07 Å². The molecule has 126 valence electrons. The van der Waals surface area contributed by atoms with Gasteiger partial charge in [-0.05, 0) is 47.7 Å². The van der Waals surface area contributed by atoms with Crippen LogP contribution in [0.3, 0.4) is 0 Å². The van der Waals surface area contributed by atoms with Crippen molar-refractivity contribution < 1.29 is 19.7 Å². The lowest BCUT2D eigenvalue weighted by Gasteiger charge is -2.14. The first kappa shape index (κ1) is 15.4. The number of methoxy groups -OCH3 is 1. The van der Waals surface area contributed by atoms with Gasteiger partial charge in [-0.3, -0.25) is 0 Å². The van der Waals surface area contributed by atoms with Gasteiger partial charge in [0.25, 0.3) is 0 Å². The molecule has 2 N–H and O–H groups in total. The summed E-state index contributed by atoms with van der Waals surface area (Å²) in [5, 5.41) is 20.4. The van der Waals surface area contributed by atoms with E-state index >= 15 is 0 Å². The average Bonchev–Trinajstić information content (AvgIpc) is 2.82. The second kappa shape index (κ2) is 6.06. The van der Waals surface area contributed by atoms with E-state index in [-0.39, 0.29) is 17.2 Å². The molecular formula is C21H18O4. The van der Waals surface area contributed by atoms with Crippen molar-refractivity contribution in [1.82, 2.24) is 0 Å². The third-order valence-corrected chi connectivity index (χ3v) is 4.51. The fourth-order valence-electron chi connectivity index (χ4n) is 3.24. The van der Waals surface area contributed by atoms with Crippen molar-refractivity contribution in [1.29, 1.82) is 0 Å². The lowest BCUT2D eigenvalue weighted by Crippen LogP contribution is -1.93. The lowest BCUT2D eigenvalue weighted by molar-refractivity contribution is 0.331. The van der Waals surface area contributed by atoms with E-state index in [2.05, 4.69) is 18.2 Å². The van der Waals surface area contributed by atoms with Gasteiger partial charge < -0.3 is 19.7 Å². The minimum absolute atomic E-state index is 0.0307. The molecule has 25 heavy (non-hydrogen) atoms. The zero-order chi connectivity index (χ0) is 17.4. The van der Waals surface area contributed by atoms with Crippen molar-refractivity contribution in [3.05, 3.63) is 65.7 Å². The third-order valence-electron chi connectivity index (χ3n) is 4.51. The Kier molecular flexibility index (Phi) is 3.73. The fourth-order valence-corrected chi connectivity index (χ4v) is 3.24. The molecule has 4 heteroatoms. The summed E-state index contributed by atoms with van der Waals surface area (Å²) < 4.78 is 11.0. The fraction of sp³-hybridized carbons (Fsp3) is 0.143. The Bertz CT molecular complexity index is 932. The van der Waals surface area contributed by atoms with Gasteiger partial charge in [-0.1, -0.05) is 36.4 Å². The molecule has 3 aromatic carbocycles. The molecule has 0 aliphatic carbocycles. The molecule has 4 rings (SSSR count). The monoisotopic (exact) mass is 334 g/mol. The molecule has 0 saturated carbocycles. The molecule has 1 aliphatic heterocycles. The highest BCUT2D eigenvalue weighted by Gasteiger charge is 2.23. The van der Waals surface area contributed by atoms with Gasteiger partial charge >= 0.3 is 0 Å². The molecule has 0 saturated heterocycles. The van der Waals surface area contributed by atoms with Crippen LogP contribution in [-0.4, -0.2) is 17.3 Å². The molecule has 0 unspecified atom stereocenters. The number of rotatable bonds is 2. The summed E-state index contributed by atoms with van der Waals surface area (Å²) in [6.45, 7) is 0. The molecule has 0 spiro atoms. The van der Waals surface area contributed by atoms with Gasteiger partial charge in [0.05, 0.1) is 7.11 Å². The van der Waals surface area contributed by atoms with Crippen molar-refractivity contribution in [2.75, 3.05) is 7.11 Å². The second-order valence-corrected chi connectivity index (χ2v) is 6.06. The summed E-state index contributed by atoms with van der Waals surface area (Å²) in [6.07, 6.45) is 1.42. The number of phenolic OH excluding ortho intramolecular Hbond substituents is 2. The number of aromatic hydroxyl groups is 2. The first-order valence-electron chi connectivity index (χ1n) is 8.15. The zero-order valence-electron chi connectivity index (χ0n) is 13.8. The highest BCUT2D eigenvalue weighted by atomic mass is 16.5. The van der Waals surface area contributed by atoms with E-state index in [9.17, 15) is 10.2 Å². The Balaban J connectivity index is 1.77. The van der Waals surface area contributed by atoms with Gasteiger partial charge in [-0.15, -0.1) is 0 Å². The Morgan fingerprint density at radius 2 is 1.64 bits per heavy atom. The zero-order valence-corrected chi connectivity index (χ0v) is 13.8. The van der Waals surface area contributed by atoms with Crippen molar-refractivity contribution in [2.24, 2.45) is 0 Å². The number of fused-ring (bicyclic) bond motifs is 2. The number of ether oxygens (including phenoxy) is 2. The molecule has 4 nitrogen and oxygen atoms in total. The minimum Gasteiger partial charge on any atom is -0.504 e. The molecule has 0 radical (unpaired) electrons. The molecule has 0 bridgehead atoms. The molecule has 0 fully saturated rings. The van der Waals surface area contributed by atoms with Crippen molar-refractivity contribution in [3.63, 3.8) is 0 Å². The Hall–Kier alpha value is -3.14. The molecule has 1 aliphatic rings. The van der Waals surface area contributed by atoms with Gasteiger partial charge in [0.2, 0.25) is 11.5 Å². The Morgan fingerprint density at radius 1 is 0.880 bits per heavy atom. The van der Waals surface area contributed by atoms with Crippen molar-refractivity contribution in [2.45, 2.75) is 12.8 Å². The largest absolute Gasteiger partial charge is 0.504 e. The number of aryl methyl sites for hydroxylation is 2. The van der Waals surface area contributed by atoms with Crippen LogP contribution in [0.25, 0.3) is 11.1 Å². The van der Waals surface area contributed by atoms with Crippen LogP contribution in [0, 0.1) is 0 Å². The van der Waals surface area contributed by atoms with Gasteiger partial charge in [0.1, 0.15) is 5.75 Å². The maximum absolute atomic E-state index is 10.4. The second-order valence-electron chi connectivity index (χ2n) is 6.06. The summed E-state index contributed by atoms with van der Waals surface area (Å²) in [5.74, 6) is 0.834. The predicted molar refractivity (Wildman–Crippen MR) is 95.7 cm³/mol. The summed E-state index contributed by atoms with van der Waals surface area (Å²) in [6, 6.07) is 17.8. The first-order valence-corrected chi connectivity index (χ1v) is 8.15. The lowest BCUT2D eigenvalue weighted by atomic mass is 9.99. The molecular weight excluding hydrogens is 316 g/mol. The van der Waals surface area contributed by atoms with Crippen LogP contribution in [0.5, 0.6) is 28.7 Å². The predicted octanol–water partition coefficient (Wildman–Crippen LogP) is 4.66. The van der Waals surface area contributed by atoms with Crippen LogP contribution >= 0.6 is 0 Å². The highest BCUT2D eigenvalue weighted by Crippen LogP contribution is 2.49. The van der Waals surface area contributed by atoms with Gasteiger partial charge in [-0.2, -0.15) is 0 Å². The SMILES string of the molecule is COc1c(O)cc2c(c1O)Oc1ccc(-c3ccccc3)cc1CC2. The Labute approximate surface area is 145 Å². The molecule has 0 aromatic heterocycles. The van der Waals surface area contributed by atoms with E-state index in [1.807, 2.05) is 30.3 Å². The number of hydrogen-bond donors (Lipinski definition) is 2. The van der Waals surface area contributed by atoms with Crippen LogP contribution < -0.4 is 9.47 Å². The van der Waals surface area contributed by atoms with Crippen LogP contribution in [-0.2, 0) is 12.8 Å². The molecule has 0 amide bonds. The maximum atomic E-state index is 10.4. The van der Waals surface area contributed by atoms with Gasteiger partial charge in [0.15, 0.2) is 11.5 Å². The standard InChI is InChI=1S/C21H18O4/c1-24-21-17(22)12-16-8-7-15-11-14(13-5-3-2-4-6-13)9-10-18(15)25-20(16)19(21)23/h2-6,9-12,22-23H,7-8H2,1H3. The van der Waals surface area contributed by atoms with Gasteiger partial charge in [0, 0.05) is 5.56 Å². The molecule has 0 atom stereocenters. The van der Waals surface area contributed by atoms with E-state index < -0.39 is 0 Å². The summed E-state index contributed by atoms with van der Waals surface area (Å²) in [5.41, 5.74) is 4.09. The normalized spacial score (nSPS) is 12.5. The van der Waals surface area contributed by atoms with Crippen molar-refractivity contribution >= 4 is 0 Å². The number of benzene rings is 3. The summed E-state index contributed by atoms with van der Waals surface area (Å²) in [7, 11) is 1.40. The first-order chi connectivity index (χ1) is 12.2. The number of hydrogen-bond acceptors (Lipinski definition) is 4. The quantitative estimate of drug-likeness (QED) is 0.715. The number of phenols is 2. The van der Waals surface area contributed by atoms with Crippen LogP contribution in [0.15, 0.2) is 54.6 Å². The topological polar surface area (TPSA) is 58.9 Å². The maximum Gasteiger partial charge on any atom is 0.206 e. The van der Waals surface area contributed by atoms with E-state index in [4.69, 9.17) is 9.47 Å².